The molecule has 0 aliphatic heterocycles. The molecule has 4 nitrogen and oxygen atoms in total. The number of hydrogen-bond acceptors (Lipinski definition) is 3. The van der Waals surface area contributed by atoms with Crippen molar-refractivity contribution in [3.63, 3.8) is 0 Å². The Morgan fingerprint density at radius 2 is 2.16 bits per heavy atom. The van der Waals surface area contributed by atoms with Gasteiger partial charge in [0, 0.05) is 13.1 Å². The number of carbonyl (C=O) groups excluding carboxylic acids is 1. The van der Waals surface area contributed by atoms with Gasteiger partial charge in [-0.2, -0.15) is 11.3 Å². The van der Waals surface area contributed by atoms with E-state index in [9.17, 15) is 9.90 Å². The summed E-state index contributed by atoms with van der Waals surface area (Å²) in [6, 6.07) is 1.65. The first-order chi connectivity index (χ1) is 9.09. The van der Waals surface area contributed by atoms with Gasteiger partial charge in [-0.25, -0.2) is 4.79 Å². The number of aliphatic hydroxyl groups excluding tert-OH is 1. The Hall–Kier alpha value is -1.07. The van der Waals surface area contributed by atoms with Gasteiger partial charge < -0.3 is 15.7 Å². The summed E-state index contributed by atoms with van der Waals surface area (Å²) in [4.78, 5) is 11.5. The van der Waals surface area contributed by atoms with Crippen molar-refractivity contribution in [2.45, 2.75) is 39.2 Å². The van der Waals surface area contributed by atoms with Crippen LogP contribution in [0.3, 0.4) is 0 Å². The molecule has 0 saturated heterocycles. The van der Waals surface area contributed by atoms with Crippen LogP contribution in [0, 0.1) is 5.92 Å². The second kappa shape index (κ2) is 8.93. The zero-order chi connectivity index (χ0) is 14.1. The highest BCUT2D eigenvalue weighted by atomic mass is 32.1. The van der Waals surface area contributed by atoms with Crippen molar-refractivity contribution in [1.82, 2.24) is 10.6 Å². The van der Waals surface area contributed by atoms with Crippen LogP contribution in [0.1, 0.15) is 44.8 Å². The van der Waals surface area contributed by atoms with E-state index in [1.54, 1.807) is 0 Å². The molecular formula is C14H24N2O2S. The van der Waals surface area contributed by atoms with Crippen molar-refractivity contribution in [3.05, 3.63) is 22.4 Å². The van der Waals surface area contributed by atoms with Crippen LogP contribution in [0.2, 0.25) is 0 Å². The Morgan fingerprint density at radius 1 is 1.37 bits per heavy atom. The molecule has 0 saturated carbocycles. The highest BCUT2D eigenvalue weighted by Crippen LogP contribution is 2.14. The quantitative estimate of drug-likeness (QED) is 0.643. The van der Waals surface area contributed by atoms with E-state index in [4.69, 9.17) is 0 Å². The fourth-order valence-corrected chi connectivity index (χ4v) is 2.42. The number of aliphatic hydroxyl groups is 1. The predicted molar refractivity (Wildman–Crippen MR) is 79.4 cm³/mol. The summed E-state index contributed by atoms with van der Waals surface area (Å²) in [7, 11) is 0. The van der Waals surface area contributed by atoms with Gasteiger partial charge in [-0.05, 0) is 34.7 Å². The average Bonchev–Trinajstić information content (AvgIpc) is 2.89. The van der Waals surface area contributed by atoms with Crippen LogP contribution in [0.15, 0.2) is 16.8 Å². The molecule has 0 aromatic carbocycles. The number of carbonyl (C=O) groups is 1. The number of amides is 2. The molecule has 0 fully saturated rings. The first-order valence-corrected chi connectivity index (χ1v) is 7.75. The minimum absolute atomic E-state index is 0.209. The third kappa shape index (κ3) is 7.18. The second-order valence-electron chi connectivity index (χ2n) is 5.10. The van der Waals surface area contributed by atoms with E-state index in [0.717, 1.165) is 24.3 Å². The minimum Gasteiger partial charge on any atom is -0.387 e. The summed E-state index contributed by atoms with van der Waals surface area (Å²) in [5.74, 6) is 0.717. The number of thiophene rings is 1. The van der Waals surface area contributed by atoms with Gasteiger partial charge in [-0.1, -0.05) is 26.7 Å². The SMILES string of the molecule is CC(C)CCCCNC(=O)NCC(O)c1ccsc1. The maximum absolute atomic E-state index is 11.5. The molecular weight excluding hydrogens is 260 g/mol. The Balaban J connectivity index is 2.05. The minimum atomic E-state index is -0.627. The number of hydrogen-bond donors (Lipinski definition) is 3. The van der Waals surface area contributed by atoms with Crippen LogP contribution in [-0.2, 0) is 0 Å². The molecule has 1 aromatic rings. The lowest BCUT2D eigenvalue weighted by atomic mass is 10.1. The molecule has 0 aliphatic carbocycles. The molecule has 3 N–H and O–H groups in total. The van der Waals surface area contributed by atoms with Gasteiger partial charge in [-0.3, -0.25) is 0 Å². The van der Waals surface area contributed by atoms with Crippen LogP contribution in [-0.4, -0.2) is 24.2 Å². The van der Waals surface area contributed by atoms with Gasteiger partial charge in [0.15, 0.2) is 0 Å². The van der Waals surface area contributed by atoms with Gasteiger partial charge in [0.25, 0.3) is 0 Å². The van der Waals surface area contributed by atoms with Crippen molar-refractivity contribution >= 4 is 17.4 Å². The third-order valence-electron chi connectivity index (χ3n) is 2.88. The fourth-order valence-electron chi connectivity index (χ4n) is 1.71. The number of unbranched alkanes of at least 4 members (excludes halogenated alkanes) is 1. The van der Waals surface area contributed by atoms with Crippen molar-refractivity contribution < 1.29 is 9.90 Å². The first-order valence-electron chi connectivity index (χ1n) is 6.81. The normalized spacial score (nSPS) is 12.4. The first kappa shape index (κ1) is 16.0. The maximum Gasteiger partial charge on any atom is 0.314 e. The van der Waals surface area contributed by atoms with Crippen LogP contribution in [0.4, 0.5) is 4.79 Å². The Labute approximate surface area is 119 Å². The van der Waals surface area contributed by atoms with Crippen LogP contribution >= 0.6 is 11.3 Å². The van der Waals surface area contributed by atoms with E-state index in [0.29, 0.717) is 6.54 Å². The van der Waals surface area contributed by atoms with Crippen molar-refractivity contribution in [2.24, 2.45) is 5.92 Å². The second-order valence-corrected chi connectivity index (χ2v) is 5.88. The molecule has 1 rings (SSSR count). The molecule has 0 radical (unpaired) electrons. The molecule has 1 aromatic heterocycles. The number of nitrogens with one attached hydrogen (secondary N) is 2. The average molecular weight is 284 g/mol. The molecule has 0 spiro atoms. The van der Waals surface area contributed by atoms with Gasteiger partial charge >= 0.3 is 6.03 Å². The Morgan fingerprint density at radius 3 is 2.79 bits per heavy atom. The molecule has 19 heavy (non-hydrogen) atoms. The van der Waals surface area contributed by atoms with Crippen molar-refractivity contribution in [2.75, 3.05) is 13.1 Å². The Kier molecular flexibility index (Phi) is 7.52. The molecule has 108 valence electrons. The van der Waals surface area contributed by atoms with Crippen LogP contribution in [0.5, 0.6) is 0 Å². The van der Waals surface area contributed by atoms with Gasteiger partial charge in [0.1, 0.15) is 0 Å². The lowest BCUT2D eigenvalue weighted by Gasteiger charge is -2.11. The van der Waals surface area contributed by atoms with E-state index < -0.39 is 6.10 Å². The maximum atomic E-state index is 11.5. The van der Waals surface area contributed by atoms with E-state index >= 15 is 0 Å². The van der Waals surface area contributed by atoms with Gasteiger partial charge in [-0.15, -0.1) is 0 Å². The van der Waals surface area contributed by atoms with E-state index in [1.807, 2.05) is 16.8 Å². The van der Waals surface area contributed by atoms with E-state index in [-0.39, 0.29) is 12.6 Å². The summed E-state index contributed by atoms with van der Waals surface area (Å²) in [6.45, 7) is 5.33. The molecule has 0 bridgehead atoms. The molecule has 2 amide bonds. The fraction of sp³-hybridized carbons (Fsp3) is 0.643. The number of rotatable bonds is 8. The summed E-state index contributed by atoms with van der Waals surface area (Å²) in [6.07, 6.45) is 2.70. The lowest BCUT2D eigenvalue weighted by Crippen LogP contribution is -2.38. The summed E-state index contributed by atoms with van der Waals surface area (Å²) >= 11 is 1.54. The smallest absolute Gasteiger partial charge is 0.314 e. The molecule has 1 atom stereocenters. The zero-order valence-corrected chi connectivity index (χ0v) is 12.5. The zero-order valence-electron chi connectivity index (χ0n) is 11.7. The monoisotopic (exact) mass is 284 g/mol. The molecule has 1 heterocycles. The summed E-state index contributed by atoms with van der Waals surface area (Å²) < 4.78 is 0. The summed E-state index contributed by atoms with van der Waals surface area (Å²) in [5.41, 5.74) is 0.849. The summed E-state index contributed by atoms with van der Waals surface area (Å²) in [5, 5.41) is 19.1. The highest BCUT2D eigenvalue weighted by Gasteiger charge is 2.09. The Bertz CT molecular complexity index is 352. The molecule has 0 aliphatic rings. The highest BCUT2D eigenvalue weighted by molar-refractivity contribution is 7.07. The van der Waals surface area contributed by atoms with Crippen LogP contribution in [0.25, 0.3) is 0 Å². The van der Waals surface area contributed by atoms with Gasteiger partial charge in [0.2, 0.25) is 0 Å². The standard InChI is InChI=1S/C14H24N2O2S/c1-11(2)5-3-4-7-15-14(18)16-9-13(17)12-6-8-19-10-12/h6,8,10-11,13,17H,3-5,7,9H2,1-2H3,(H2,15,16,18). The van der Waals surface area contributed by atoms with Crippen molar-refractivity contribution in [1.29, 1.82) is 0 Å². The van der Waals surface area contributed by atoms with Crippen LogP contribution < -0.4 is 10.6 Å². The van der Waals surface area contributed by atoms with Gasteiger partial charge in [0.05, 0.1) is 6.10 Å². The molecule has 5 heteroatoms. The largest absolute Gasteiger partial charge is 0.387 e. The topological polar surface area (TPSA) is 61.4 Å². The van der Waals surface area contributed by atoms with Crippen molar-refractivity contribution in [3.8, 4) is 0 Å². The third-order valence-corrected chi connectivity index (χ3v) is 3.58. The molecule has 1 unspecified atom stereocenters. The van der Waals surface area contributed by atoms with E-state index in [2.05, 4.69) is 24.5 Å². The lowest BCUT2D eigenvalue weighted by molar-refractivity contribution is 0.173. The predicted octanol–water partition coefficient (Wildman–Crippen LogP) is 2.91. The number of urea groups is 1. The van der Waals surface area contributed by atoms with E-state index in [1.165, 1.54) is 17.8 Å².